The van der Waals surface area contributed by atoms with Gasteiger partial charge in [0.05, 0.1) is 5.60 Å². The van der Waals surface area contributed by atoms with Gasteiger partial charge in [-0.3, -0.25) is 0 Å². The molecule has 0 bridgehead atoms. The summed E-state index contributed by atoms with van der Waals surface area (Å²) in [5.41, 5.74) is 0.209. The highest BCUT2D eigenvalue weighted by Gasteiger charge is 2.35. The number of hydrogen-bond donors (Lipinski definition) is 1. The number of thioether (sulfide) groups is 1. The van der Waals surface area contributed by atoms with Gasteiger partial charge in [-0.25, -0.2) is 0 Å². The Labute approximate surface area is 91.2 Å². The molecule has 2 aliphatic heterocycles. The zero-order chi connectivity index (χ0) is 9.86. The van der Waals surface area contributed by atoms with E-state index >= 15 is 0 Å². The second-order valence-electron chi connectivity index (χ2n) is 4.57. The topological polar surface area (TPSA) is 21.3 Å². The molecule has 1 N–H and O–H groups in total. The van der Waals surface area contributed by atoms with E-state index in [9.17, 15) is 0 Å². The maximum Gasteiger partial charge on any atom is 0.0705 e. The first kappa shape index (κ1) is 10.8. The summed E-state index contributed by atoms with van der Waals surface area (Å²) in [5.74, 6) is 3.64. The van der Waals surface area contributed by atoms with E-state index in [-0.39, 0.29) is 5.60 Å². The Balaban J connectivity index is 1.89. The minimum absolute atomic E-state index is 0.209. The van der Waals surface area contributed by atoms with Crippen LogP contribution in [0.1, 0.15) is 25.7 Å². The first-order valence-electron chi connectivity index (χ1n) is 5.68. The standard InChI is InChI=1S/C11H21NOS/c1-13-11(3-5-12-6-4-11)8-10-2-7-14-9-10/h10,12H,2-9H2,1H3. The molecule has 0 aliphatic carbocycles. The molecule has 1 atom stereocenters. The van der Waals surface area contributed by atoms with E-state index in [1.807, 2.05) is 7.11 Å². The third-order valence-electron chi connectivity index (χ3n) is 3.63. The minimum Gasteiger partial charge on any atom is -0.378 e. The molecule has 2 nitrogen and oxygen atoms in total. The van der Waals surface area contributed by atoms with Crippen molar-refractivity contribution < 1.29 is 4.74 Å². The molecule has 0 amide bonds. The average Bonchev–Trinajstić information content (AvgIpc) is 2.72. The molecule has 1 unspecified atom stereocenters. The molecule has 2 fully saturated rings. The van der Waals surface area contributed by atoms with Gasteiger partial charge in [0.25, 0.3) is 0 Å². The van der Waals surface area contributed by atoms with Crippen LogP contribution in [0.25, 0.3) is 0 Å². The molecule has 2 heterocycles. The highest BCUT2D eigenvalue weighted by atomic mass is 32.2. The van der Waals surface area contributed by atoms with Crippen LogP contribution in [0.3, 0.4) is 0 Å². The third-order valence-corrected chi connectivity index (χ3v) is 4.86. The second-order valence-corrected chi connectivity index (χ2v) is 5.72. The van der Waals surface area contributed by atoms with Crippen LogP contribution in [0, 0.1) is 5.92 Å². The van der Waals surface area contributed by atoms with E-state index in [1.165, 1.54) is 37.2 Å². The van der Waals surface area contributed by atoms with Crippen LogP contribution >= 0.6 is 11.8 Å². The van der Waals surface area contributed by atoms with Crippen molar-refractivity contribution in [1.29, 1.82) is 0 Å². The fourth-order valence-corrected chi connectivity index (χ4v) is 3.93. The number of rotatable bonds is 3. The van der Waals surface area contributed by atoms with Gasteiger partial charge in [0.2, 0.25) is 0 Å². The monoisotopic (exact) mass is 215 g/mol. The summed E-state index contributed by atoms with van der Waals surface area (Å²) in [6, 6.07) is 0. The van der Waals surface area contributed by atoms with Crippen LogP contribution < -0.4 is 5.32 Å². The van der Waals surface area contributed by atoms with E-state index in [4.69, 9.17) is 4.74 Å². The largest absolute Gasteiger partial charge is 0.378 e. The molecule has 0 aromatic heterocycles. The molecule has 0 saturated carbocycles. The fourth-order valence-electron chi connectivity index (χ4n) is 2.64. The van der Waals surface area contributed by atoms with Gasteiger partial charge in [0.1, 0.15) is 0 Å². The van der Waals surface area contributed by atoms with Crippen molar-refractivity contribution in [2.45, 2.75) is 31.3 Å². The van der Waals surface area contributed by atoms with E-state index in [1.54, 1.807) is 0 Å². The number of nitrogens with one attached hydrogen (secondary N) is 1. The summed E-state index contributed by atoms with van der Waals surface area (Å²) >= 11 is 2.11. The zero-order valence-corrected chi connectivity index (χ0v) is 9.87. The van der Waals surface area contributed by atoms with Gasteiger partial charge in [-0.1, -0.05) is 0 Å². The fraction of sp³-hybridized carbons (Fsp3) is 1.00. The van der Waals surface area contributed by atoms with Crippen molar-refractivity contribution in [2.24, 2.45) is 5.92 Å². The maximum absolute atomic E-state index is 5.79. The van der Waals surface area contributed by atoms with Gasteiger partial charge in [-0.2, -0.15) is 11.8 Å². The summed E-state index contributed by atoms with van der Waals surface area (Å²) in [6.07, 6.45) is 5.09. The number of ether oxygens (including phenoxy) is 1. The van der Waals surface area contributed by atoms with E-state index in [0.29, 0.717) is 0 Å². The Kier molecular flexibility index (Phi) is 3.74. The van der Waals surface area contributed by atoms with Crippen LogP contribution in [0.5, 0.6) is 0 Å². The quantitative estimate of drug-likeness (QED) is 0.777. The molecular weight excluding hydrogens is 194 g/mol. The highest BCUT2D eigenvalue weighted by molar-refractivity contribution is 7.99. The van der Waals surface area contributed by atoms with Gasteiger partial charge in [-0.05, 0) is 56.2 Å². The van der Waals surface area contributed by atoms with Crippen LogP contribution in [0.15, 0.2) is 0 Å². The molecule has 2 rings (SSSR count). The van der Waals surface area contributed by atoms with Crippen molar-refractivity contribution in [1.82, 2.24) is 5.32 Å². The lowest BCUT2D eigenvalue weighted by atomic mass is 9.83. The van der Waals surface area contributed by atoms with Crippen molar-refractivity contribution in [3.8, 4) is 0 Å². The minimum atomic E-state index is 0.209. The van der Waals surface area contributed by atoms with E-state index in [0.717, 1.165) is 19.0 Å². The van der Waals surface area contributed by atoms with Gasteiger partial charge < -0.3 is 10.1 Å². The summed E-state index contributed by atoms with van der Waals surface area (Å²) in [5, 5.41) is 3.41. The lowest BCUT2D eigenvalue weighted by molar-refractivity contribution is -0.0494. The first-order chi connectivity index (χ1) is 6.85. The summed E-state index contributed by atoms with van der Waals surface area (Å²) < 4.78 is 5.79. The van der Waals surface area contributed by atoms with Gasteiger partial charge >= 0.3 is 0 Å². The van der Waals surface area contributed by atoms with E-state index in [2.05, 4.69) is 17.1 Å². The second kappa shape index (κ2) is 4.86. The summed E-state index contributed by atoms with van der Waals surface area (Å²) in [6.45, 7) is 2.27. The molecule has 0 spiro atoms. The molecule has 82 valence electrons. The zero-order valence-electron chi connectivity index (χ0n) is 9.05. The SMILES string of the molecule is COC1(CC2CCSC2)CCNCC1. The number of hydrogen-bond acceptors (Lipinski definition) is 3. The molecule has 2 saturated heterocycles. The van der Waals surface area contributed by atoms with Crippen molar-refractivity contribution in [3.05, 3.63) is 0 Å². The van der Waals surface area contributed by atoms with Crippen molar-refractivity contribution in [3.63, 3.8) is 0 Å². The molecule has 14 heavy (non-hydrogen) atoms. The normalized spacial score (nSPS) is 31.9. The van der Waals surface area contributed by atoms with Crippen molar-refractivity contribution in [2.75, 3.05) is 31.7 Å². The van der Waals surface area contributed by atoms with Gasteiger partial charge in [-0.15, -0.1) is 0 Å². The Morgan fingerprint density at radius 2 is 2.21 bits per heavy atom. The molecule has 0 aromatic rings. The molecule has 0 radical (unpaired) electrons. The third kappa shape index (κ3) is 2.44. The van der Waals surface area contributed by atoms with Crippen LogP contribution in [-0.2, 0) is 4.74 Å². The van der Waals surface area contributed by atoms with Crippen LogP contribution in [0.4, 0.5) is 0 Å². The van der Waals surface area contributed by atoms with Gasteiger partial charge in [0.15, 0.2) is 0 Å². The highest BCUT2D eigenvalue weighted by Crippen LogP contribution is 2.36. The van der Waals surface area contributed by atoms with Gasteiger partial charge in [0, 0.05) is 7.11 Å². The molecule has 2 aliphatic rings. The number of methoxy groups -OCH3 is 1. The Morgan fingerprint density at radius 1 is 1.43 bits per heavy atom. The Bertz CT molecular complexity index is 174. The summed E-state index contributed by atoms with van der Waals surface area (Å²) in [4.78, 5) is 0. The number of piperidine rings is 1. The smallest absolute Gasteiger partial charge is 0.0705 e. The van der Waals surface area contributed by atoms with Crippen LogP contribution in [0.2, 0.25) is 0 Å². The molecule has 3 heteroatoms. The Hall–Kier alpha value is 0.270. The average molecular weight is 215 g/mol. The Morgan fingerprint density at radius 3 is 2.79 bits per heavy atom. The lowest BCUT2D eigenvalue weighted by Crippen LogP contribution is -2.44. The first-order valence-corrected chi connectivity index (χ1v) is 6.84. The summed E-state index contributed by atoms with van der Waals surface area (Å²) in [7, 11) is 1.90. The predicted molar refractivity (Wildman–Crippen MR) is 61.9 cm³/mol. The van der Waals surface area contributed by atoms with E-state index < -0.39 is 0 Å². The predicted octanol–water partition coefficient (Wildman–Crippen LogP) is 1.90. The lowest BCUT2D eigenvalue weighted by Gasteiger charge is -2.38. The molecule has 0 aromatic carbocycles. The van der Waals surface area contributed by atoms with Crippen LogP contribution in [-0.4, -0.2) is 37.3 Å². The molecular formula is C11H21NOS. The maximum atomic E-state index is 5.79. The van der Waals surface area contributed by atoms with Crippen molar-refractivity contribution >= 4 is 11.8 Å².